The molecule has 0 aliphatic carbocycles. The van der Waals surface area contributed by atoms with E-state index in [-0.39, 0.29) is 6.61 Å². The van der Waals surface area contributed by atoms with Crippen molar-refractivity contribution in [1.82, 2.24) is 10.2 Å². The molecule has 0 amide bonds. The van der Waals surface area contributed by atoms with Crippen molar-refractivity contribution in [3.63, 3.8) is 0 Å². The molecule has 2 N–H and O–H groups in total. The topological polar surface area (TPSA) is 62.1 Å². The molecule has 0 radical (unpaired) electrons. The number of hydrogen-bond acceptors (Lipinski definition) is 3. The Kier molecular flexibility index (Phi) is 2.14. The van der Waals surface area contributed by atoms with Crippen LogP contribution in [0.4, 0.5) is 0 Å². The standard InChI is InChI=1S/C9H10N2O2/c12-6-8-4-7(10-11-8)5-9-2-1-3-13-9/h1-4,12H,5-6H2,(H,10,11). The predicted octanol–water partition coefficient (Wildman–Crippen LogP) is 1.09. The van der Waals surface area contributed by atoms with Gasteiger partial charge in [-0.25, -0.2) is 0 Å². The first-order chi connectivity index (χ1) is 6.38. The fourth-order valence-electron chi connectivity index (χ4n) is 1.18. The molecule has 2 rings (SSSR count). The van der Waals surface area contributed by atoms with Crippen LogP contribution >= 0.6 is 0 Å². The van der Waals surface area contributed by atoms with Gasteiger partial charge in [0, 0.05) is 12.1 Å². The summed E-state index contributed by atoms with van der Waals surface area (Å²) in [6.07, 6.45) is 2.32. The number of nitrogens with one attached hydrogen (secondary N) is 1. The van der Waals surface area contributed by atoms with Crippen LogP contribution in [0.2, 0.25) is 0 Å². The smallest absolute Gasteiger partial charge is 0.109 e. The first-order valence-electron chi connectivity index (χ1n) is 4.05. The molecule has 0 bridgehead atoms. The predicted molar refractivity (Wildman–Crippen MR) is 46.0 cm³/mol. The normalized spacial score (nSPS) is 10.5. The summed E-state index contributed by atoms with van der Waals surface area (Å²) in [5.41, 5.74) is 1.60. The third-order valence-corrected chi connectivity index (χ3v) is 1.79. The molecule has 0 aromatic carbocycles. The summed E-state index contributed by atoms with van der Waals surface area (Å²) in [4.78, 5) is 0. The summed E-state index contributed by atoms with van der Waals surface area (Å²) in [6.45, 7) is -0.0331. The Balaban J connectivity index is 2.10. The van der Waals surface area contributed by atoms with E-state index in [0.717, 1.165) is 11.5 Å². The molecule has 0 atom stereocenters. The van der Waals surface area contributed by atoms with Crippen LogP contribution in [0.15, 0.2) is 28.9 Å². The first-order valence-corrected chi connectivity index (χ1v) is 4.05. The van der Waals surface area contributed by atoms with Gasteiger partial charge in [-0.2, -0.15) is 5.10 Å². The van der Waals surface area contributed by atoms with Crippen molar-refractivity contribution >= 4 is 0 Å². The van der Waals surface area contributed by atoms with Crippen LogP contribution in [0.1, 0.15) is 17.1 Å². The second-order valence-corrected chi connectivity index (χ2v) is 2.80. The van der Waals surface area contributed by atoms with Crippen LogP contribution in [0.5, 0.6) is 0 Å². The maximum atomic E-state index is 8.77. The minimum atomic E-state index is -0.0331. The number of H-pyrrole nitrogens is 1. The third kappa shape index (κ3) is 1.78. The van der Waals surface area contributed by atoms with Crippen molar-refractivity contribution in [1.29, 1.82) is 0 Å². The Morgan fingerprint density at radius 2 is 2.46 bits per heavy atom. The van der Waals surface area contributed by atoms with Crippen LogP contribution in [-0.2, 0) is 13.0 Å². The Morgan fingerprint density at radius 1 is 1.54 bits per heavy atom. The van der Waals surface area contributed by atoms with Crippen molar-refractivity contribution in [2.24, 2.45) is 0 Å². The highest BCUT2D eigenvalue weighted by molar-refractivity contribution is 5.14. The molecule has 0 saturated carbocycles. The second-order valence-electron chi connectivity index (χ2n) is 2.80. The highest BCUT2D eigenvalue weighted by Crippen LogP contribution is 2.08. The number of hydrogen-bond donors (Lipinski definition) is 2. The van der Waals surface area contributed by atoms with E-state index in [0.29, 0.717) is 12.1 Å². The molecular weight excluding hydrogens is 168 g/mol. The summed E-state index contributed by atoms with van der Waals surface area (Å²) >= 11 is 0. The molecule has 13 heavy (non-hydrogen) atoms. The number of aliphatic hydroxyl groups excluding tert-OH is 1. The Hall–Kier alpha value is -1.55. The lowest BCUT2D eigenvalue weighted by molar-refractivity contribution is 0.276. The van der Waals surface area contributed by atoms with E-state index >= 15 is 0 Å². The van der Waals surface area contributed by atoms with Gasteiger partial charge in [0.2, 0.25) is 0 Å². The number of aliphatic hydroxyl groups is 1. The van der Waals surface area contributed by atoms with Crippen molar-refractivity contribution in [3.05, 3.63) is 41.6 Å². The van der Waals surface area contributed by atoms with Crippen LogP contribution in [0, 0.1) is 0 Å². The maximum absolute atomic E-state index is 8.77. The molecule has 0 saturated heterocycles. The highest BCUT2D eigenvalue weighted by atomic mass is 16.3. The van der Waals surface area contributed by atoms with E-state index in [9.17, 15) is 0 Å². The monoisotopic (exact) mass is 178 g/mol. The fraction of sp³-hybridized carbons (Fsp3) is 0.222. The van der Waals surface area contributed by atoms with Crippen LogP contribution in [-0.4, -0.2) is 15.3 Å². The Bertz CT molecular complexity index is 365. The first kappa shape index (κ1) is 8.07. The summed E-state index contributed by atoms with van der Waals surface area (Å²) in [5, 5.41) is 15.5. The van der Waals surface area contributed by atoms with E-state index < -0.39 is 0 Å². The summed E-state index contributed by atoms with van der Waals surface area (Å²) in [6, 6.07) is 5.57. The van der Waals surface area contributed by atoms with Crippen LogP contribution in [0.25, 0.3) is 0 Å². The van der Waals surface area contributed by atoms with Crippen molar-refractivity contribution in [2.45, 2.75) is 13.0 Å². The zero-order chi connectivity index (χ0) is 9.10. The Morgan fingerprint density at radius 3 is 3.08 bits per heavy atom. The zero-order valence-corrected chi connectivity index (χ0v) is 7.03. The molecule has 0 fully saturated rings. The van der Waals surface area contributed by atoms with Crippen molar-refractivity contribution < 1.29 is 9.52 Å². The van der Waals surface area contributed by atoms with Gasteiger partial charge >= 0.3 is 0 Å². The van der Waals surface area contributed by atoms with Gasteiger partial charge < -0.3 is 9.52 Å². The highest BCUT2D eigenvalue weighted by Gasteiger charge is 2.02. The lowest BCUT2D eigenvalue weighted by atomic mass is 10.2. The molecule has 0 aliphatic heterocycles. The average molecular weight is 178 g/mol. The van der Waals surface area contributed by atoms with Crippen LogP contribution < -0.4 is 0 Å². The molecule has 4 nitrogen and oxygen atoms in total. The average Bonchev–Trinajstić information content (AvgIpc) is 2.76. The van der Waals surface area contributed by atoms with Gasteiger partial charge in [0.05, 0.1) is 18.6 Å². The van der Waals surface area contributed by atoms with E-state index in [1.165, 1.54) is 0 Å². The van der Waals surface area contributed by atoms with Crippen molar-refractivity contribution in [2.75, 3.05) is 0 Å². The number of rotatable bonds is 3. The van der Waals surface area contributed by atoms with Gasteiger partial charge in [-0.3, -0.25) is 5.10 Å². The lowest BCUT2D eigenvalue weighted by Crippen LogP contribution is -1.84. The van der Waals surface area contributed by atoms with Gasteiger partial charge in [0.15, 0.2) is 0 Å². The largest absolute Gasteiger partial charge is 0.469 e. The molecular formula is C9H10N2O2. The molecule has 4 heteroatoms. The third-order valence-electron chi connectivity index (χ3n) is 1.79. The van der Waals surface area contributed by atoms with Gasteiger partial charge in [0.25, 0.3) is 0 Å². The minimum absolute atomic E-state index is 0.0331. The van der Waals surface area contributed by atoms with Crippen molar-refractivity contribution in [3.8, 4) is 0 Å². The summed E-state index contributed by atoms with van der Waals surface area (Å²) in [7, 11) is 0. The number of nitrogens with zero attached hydrogens (tertiary/aromatic N) is 1. The summed E-state index contributed by atoms with van der Waals surface area (Å²) < 4.78 is 5.17. The van der Waals surface area contributed by atoms with Crippen LogP contribution in [0.3, 0.4) is 0 Å². The molecule has 2 aromatic heterocycles. The van der Waals surface area contributed by atoms with E-state index in [4.69, 9.17) is 9.52 Å². The van der Waals surface area contributed by atoms with Gasteiger partial charge in [-0.05, 0) is 18.2 Å². The molecule has 0 aliphatic rings. The minimum Gasteiger partial charge on any atom is -0.469 e. The van der Waals surface area contributed by atoms with Gasteiger partial charge in [-0.15, -0.1) is 0 Å². The second kappa shape index (κ2) is 3.45. The Labute approximate surface area is 75.2 Å². The molecule has 68 valence electrons. The maximum Gasteiger partial charge on any atom is 0.109 e. The SMILES string of the molecule is OCc1cc(Cc2ccco2)[nH]n1. The number of aromatic nitrogens is 2. The zero-order valence-electron chi connectivity index (χ0n) is 7.03. The fourth-order valence-corrected chi connectivity index (χ4v) is 1.18. The van der Waals surface area contributed by atoms with E-state index in [1.807, 2.05) is 18.2 Å². The number of aromatic amines is 1. The quantitative estimate of drug-likeness (QED) is 0.739. The lowest BCUT2D eigenvalue weighted by Gasteiger charge is -1.90. The molecule has 0 unspecified atom stereocenters. The number of furan rings is 1. The molecule has 0 spiro atoms. The summed E-state index contributed by atoms with van der Waals surface area (Å²) in [5.74, 6) is 0.883. The van der Waals surface area contributed by atoms with E-state index in [2.05, 4.69) is 10.2 Å². The van der Waals surface area contributed by atoms with Gasteiger partial charge in [-0.1, -0.05) is 0 Å². The van der Waals surface area contributed by atoms with Gasteiger partial charge in [0.1, 0.15) is 5.76 Å². The van der Waals surface area contributed by atoms with E-state index in [1.54, 1.807) is 6.26 Å². The molecule has 2 heterocycles. The molecule has 2 aromatic rings.